The maximum Gasteiger partial charge on any atom is 0.337 e. The number of rotatable bonds is 4. The molecule has 0 atom stereocenters. The molecule has 2 aromatic rings. The molecule has 0 unspecified atom stereocenters. The van der Waals surface area contributed by atoms with E-state index in [1.165, 1.54) is 18.5 Å². The number of carbonyl (C=O) groups is 2. The summed E-state index contributed by atoms with van der Waals surface area (Å²) >= 11 is 3.18. The number of nitrogens with one attached hydrogen (secondary N) is 3. The second kappa shape index (κ2) is 6.20. The Kier molecular flexibility index (Phi) is 4.36. The molecule has 0 saturated carbocycles. The number of halogens is 1. The van der Waals surface area contributed by atoms with E-state index in [4.69, 9.17) is 5.11 Å². The second-order valence-corrected chi connectivity index (χ2v) is 4.80. The number of benzene rings is 1. The van der Waals surface area contributed by atoms with E-state index in [1.54, 1.807) is 12.3 Å². The molecule has 1 aromatic carbocycles. The fraction of sp³-hybridized carbons (Fsp3) is 0.0833. The Labute approximate surface area is 122 Å². The highest BCUT2D eigenvalue weighted by molar-refractivity contribution is 9.10. The van der Waals surface area contributed by atoms with Crippen LogP contribution in [0.1, 0.15) is 16.1 Å². The van der Waals surface area contributed by atoms with Crippen molar-refractivity contribution in [3.8, 4) is 0 Å². The molecule has 4 N–H and O–H groups in total. The van der Waals surface area contributed by atoms with Crippen molar-refractivity contribution in [2.24, 2.45) is 0 Å². The van der Waals surface area contributed by atoms with E-state index in [0.29, 0.717) is 4.47 Å². The van der Waals surface area contributed by atoms with Crippen LogP contribution in [0.3, 0.4) is 0 Å². The SMILES string of the molecule is O=C(NCc1cnc[nH]1)Nc1ccc(Br)cc1C(=O)O. The van der Waals surface area contributed by atoms with Crippen molar-refractivity contribution >= 4 is 33.6 Å². The standard InChI is InChI=1S/C12H11BrN4O3/c13-7-1-2-10(9(3-7)11(18)19)17-12(20)15-5-8-4-14-6-16-8/h1-4,6H,5H2,(H,14,16)(H,18,19)(H2,15,17,20). The molecule has 0 aliphatic heterocycles. The van der Waals surface area contributed by atoms with E-state index in [2.05, 4.69) is 36.5 Å². The molecule has 0 aliphatic carbocycles. The Bertz CT molecular complexity index is 628. The summed E-state index contributed by atoms with van der Waals surface area (Å²) in [6.07, 6.45) is 3.09. The van der Waals surface area contributed by atoms with Gasteiger partial charge in [0, 0.05) is 10.7 Å². The predicted octanol–water partition coefficient (Wildman–Crippen LogP) is 2.19. The third-order valence-corrected chi connectivity index (χ3v) is 2.95. The summed E-state index contributed by atoms with van der Waals surface area (Å²) in [5.41, 5.74) is 0.980. The lowest BCUT2D eigenvalue weighted by atomic mass is 10.2. The van der Waals surface area contributed by atoms with E-state index < -0.39 is 12.0 Å². The molecule has 0 spiro atoms. The number of hydrogen-bond acceptors (Lipinski definition) is 3. The minimum absolute atomic E-state index is 0.0102. The van der Waals surface area contributed by atoms with Gasteiger partial charge in [0.25, 0.3) is 0 Å². The Morgan fingerprint density at radius 3 is 2.85 bits per heavy atom. The predicted molar refractivity (Wildman–Crippen MR) is 75.5 cm³/mol. The van der Waals surface area contributed by atoms with Gasteiger partial charge in [0.2, 0.25) is 0 Å². The van der Waals surface area contributed by atoms with E-state index in [-0.39, 0.29) is 17.8 Å². The van der Waals surface area contributed by atoms with E-state index in [1.807, 2.05) is 0 Å². The molecular formula is C12H11BrN4O3. The Hall–Kier alpha value is -2.35. The highest BCUT2D eigenvalue weighted by Crippen LogP contribution is 2.21. The first-order valence-electron chi connectivity index (χ1n) is 5.61. The third kappa shape index (κ3) is 3.58. The van der Waals surface area contributed by atoms with Crippen LogP contribution in [0.15, 0.2) is 35.2 Å². The van der Waals surface area contributed by atoms with Gasteiger partial charge in [-0.15, -0.1) is 0 Å². The Morgan fingerprint density at radius 1 is 1.40 bits per heavy atom. The van der Waals surface area contributed by atoms with Gasteiger partial charge in [-0.2, -0.15) is 0 Å². The summed E-state index contributed by atoms with van der Waals surface area (Å²) in [4.78, 5) is 29.5. The van der Waals surface area contributed by atoms with Gasteiger partial charge in [0.1, 0.15) is 0 Å². The lowest BCUT2D eigenvalue weighted by molar-refractivity contribution is 0.0698. The zero-order valence-electron chi connectivity index (χ0n) is 10.2. The van der Waals surface area contributed by atoms with Crippen LogP contribution < -0.4 is 10.6 Å². The fourth-order valence-corrected chi connectivity index (χ4v) is 1.89. The van der Waals surface area contributed by atoms with Gasteiger partial charge in [-0.25, -0.2) is 14.6 Å². The first kappa shape index (κ1) is 14.1. The average molecular weight is 339 g/mol. The zero-order chi connectivity index (χ0) is 14.5. The van der Waals surface area contributed by atoms with Crippen molar-refractivity contribution in [3.63, 3.8) is 0 Å². The van der Waals surface area contributed by atoms with Gasteiger partial charge in [-0.1, -0.05) is 15.9 Å². The first-order valence-corrected chi connectivity index (χ1v) is 6.40. The van der Waals surface area contributed by atoms with E-state index >= 15 is 0 Å². The number of urea groups is 1. The van der Waals surface area contributed by atoms with Crippen molar-refractivity contribution in [2.45, 2.75) is 6.54 Å². The molecule has 0 saturated heterocycles. The first-order chi connectivity index (χ1) is 9.56. The molecule has 20 heavy (non-hydrogen) atoms. The van der Waals surface area contributed by atoms with Crippen molar-refractivity contribution < 1.29 is 14.7 Å². The fourth-order valence-electron chi connectivity index (χ4n) is 1.53. The number of aromatic amines is 1. The Morgan fingerprint density at radius 2 is 2.20 bits per heavy atom. The third-order valence-electron chi connectivity index (χ3n) is 2.45. The van der Waals surface area contributed by atoms with Crippen LogP contribution in [0.5, 0.6) is 0 Å². The van der Waals surface area contributed by atoms with E-state index in [0.717, 1.165) is 5.69 Å². The molecule has 1 aromatic heterocycles. The summed E-state index contributed by atoms with van der Waals surface area (Å²) < 4.78 is 0.623. The van der Waals surface area contributed by atoms with Crippen molar-refractivity contribution in [2.75, 3.05) is 5.32 Å². The summed E-state index contributed by atoms with van der Waals surface area (Å²) in [7, 11) is 0. The number of nitrogens with zero attached hydrogens (tertiary/aromatic N) is 1. The van der Waals surface area contributed by atoms with Gasteiger partial charge in [0.15, 0.2) is 0 Å². The molecule has 104 valence electrons. The Balaban J connectivity index is 2.02. The van der Waals surface area contributed by atoms with Crippen LogP contribution in [0.4, 0.5) is 10.5 Å². The molecule has 7 nitrogen and oxygen atoms in total. The molecule has 8 heteroatoms. The molecule has 0 aliphatic rings. The lowest BCUT2D eigenvalue weighted by Gasteiger charge is -2.09. The summed E-state index contributed by atoms with van der Waals surface area (Å²) in [5, 5.41) is 14.2. The zero-order valence-corrected chi connectivity index (χ0v) is 11.8. The number of hydrogen-bond donors (Lipinski definition) is 4. The summed E-state index contributed by atoms with van der Waals surface area (Å²) in [6, 6.07) is 4.09. The monoisotopic (exact) mass is 338 g/mol. The summed E-state index contributed by atoms with van der Waals surface area (Å²) in [5.74, 6) is -1.12. The number of amides is 2. The van der Waals surface area contributed by atoms with Crippen LogP contribution in [0, 0.1) is 0 Å². The van der Waals surface area contributed by atoms with E-state index in [9.17, 15) is 9.59 Å². The second-order valence-electron chi connectivity index (χ2n) is 3.88. The smallest absolute Gasteiger partial charge is 0.337 e. The van der Waals surface area contributed by atoms with Gasteiger partial charge in [-0.3, -0.25) is 0 Å². The number of aromatic nitrogens is 2. The topological polar surface area (TPSA) is 107 Å². The maximum atomic E-state index is 11.7. The van der Waals surface area contributed by atoms with Crippen molar-refractivity contribution in [1.29, 1.82) is 0 Å². The number of anilines is 1. The van der Waals surface area contributed by atoms with Crippen LogP contribution in [-0.2, 0) is 6.54 Å². The molecular weight excluding hydrogens is 328 g/mol. The van der Waals surface area contributed by atoms with Gasteiger partial charge >= 0.3 is 12.0 Å². The number of carbonyl (C=O) groups excluding carboxylic acids is 1. The van der Waals surface area contributed by atoms with Crippen molar-refractivity contribution in [1.82, 2.24) is 15.3 Å². The number of carboxylic acids is 1. The quantitative estimate of drug-likeness (QED) is 0.685. The number of H-pyrrole nitrogens is 1. The number of carboxylic acid groups (broad SMARTS) is 1. The minimum atomic E-state index is -1.12. The number of aromatic carboxylic acids is 1. The maximum absolute atomic E-state index is 11.7. The minimum Gasteiger partial charge on any atom is -0.478 e. The highest BCUT2D eigenvalue weighted by Gasteiger charge is 2.12. The van der Waals surface area contributed by atoms with Gasteiger partial charge in [-0.05, 0) is 18.2 Å². The highest BCUT2D eigenvalue weighted by atomic mass is 79.9. The van der Waals surface area contributed by atoms with Gasteiger partial charge < -0.3 is 20.7 Å². The number of imidazole rings is 1. The lowest BCUT2D eigenvalue weighted by Crippen LogP contribution is -2.29. The molecule has 0 radical (unpaired) electrons. The molecule has 1 heterocycles. The largest absolute Gasteiger partial charge is 0.478 e. The van der Waals surface area contributed by atoms with Crippen LogP contribution >= 0.6 is 15.9 Å². The average Bonchev–Trinajstić information content (AvgIpc) is 2.91. The van der Waals surface area contributed by atoms with Crippen LogP contribution in [0.25, 0.3) is 0 Å². The van der Waals surface area contributed by atoms with Crippen LogP contribution in [0.2, 0.25) is 0 Å². The molecule has 0 fully saturated rings. The molecule has 2 amide bonds. The normalized spacial score (nSPS) is 10.1. The van der Waals surface area contributed by atoms with Crippen LogP contribution in [-0.4, -0.2) is 27.1 Å². The summed E-state index contributed by atoms with van der Waals surface area (Å²) in [6.45, 7) is 0.269. The molecule has 0 bridgehead atoms. The molecule has 2 rings (SSSR count). The van der Waals surface area contributed by atoms with Crippen molar-refractivity contribution in [3.05, 3.63) is 46.5 Å². The van der Waals surface area contributed by atoms with Gasteiger partial charge in [0.05, 0.1) is 29.8 Å².